The molecule has 1 unspecified atom stereocenters. The lowest BCUT2D eigenvalue weighted by Gasteiger charge is -2.26. The number of thiazole rings is 1. The Labute approximate surface area is 131 Å². The summed E-state index contributed by atoms with van der Waals surface area (Å²) in [5, 5.41) is 16.6. The van der Waals surface area contributed by atoms with E-state index in [0.29, 0.717) is 0 Å². The van der Waals surface area contributed by atoms with Gasteiger partial charge in [-0.05, 0) is 31.5 Å². The number of fused-ring (bicyclic) bond motifs is 1. The summed E-state index contributed by atoms with van der Waals surface area (Å²) >= 11 is 3.22. The van der Waals surface area contributed by atoms with Gasteiger partial charge in [0, 0.05) is 4.88 Å². The Kier molecular flexibility index (Phi) is 4.23. The third kappa shape index (κ3) is 2.68. The molecule has 112 valence electrons. The number of hydrogen-bond acceptors (Lipinski definition) is 6. The van der Waals surface area contributed by atoms with E-state index in [2.05, 4.69) is 46.5 Å². The van der Waals surface area contributed by atoms with E-state index in [0.717, 1.165) is 29.2 Å². The van der Waals surface area contributed by atoms with E-state index >= 15 is 0 Å². The molecule has 0 radical (unpaired) electrons. The van der Waals surface area contributed by atoms with E-state index in [1.807, 2.05) is 0 Å². The second-order valence-corrected chi connectivity index (χ2v) is 6.98. The van der Waals surface area contributed by atoms with E-state index in [1.165, 1.54) is 27.1 Å². The Morgan fingerprint density at radius 1 is 1.48 bits per heavy atom. The highest BCUT2D eigenvalue weighted by molar-refractivity contribution is 7.17. The quantitative estimate of drug-likeness (QED) is 0.756. The summed E-state index contributed by atoms with van der Waals surface area (Å²) in [6, 6.07) is 4.23. The minimum absolute atomic E-state index is 0.0602. The molecule has 1 N–H and O–H groups in total. The van der Waals surface area contributed by atoms with Crippen LogP contribution >= 0.6 is 22.7 Å². The fraction of sp³-hybridized carbons (Fsp3) is 0.429. The van der Waals surface area contributed by atoms with Gasteiger partial charge in [-0.3, -0.25) is 4.90 Å². The average molecular weight is 322 g/mol. The number of rotatable bonds is 6. The Morgan fingerprint density at radius 3 is 3.00 bits per heavy atom. The van der Waals surface area contributed by atoms with E-state index in [9.17, 15) is 5.11 Å². The molecule has 0 fully saturated rings. The van der Waals surface area contributed by atoms with Gasteiger partial charge in [-0.25, -0.2) is 4.98 Å². The molecule has 0 aliphatic heterocycles. The van der Waals surface area contributed by atoms with E-state index in [-0.39, 0.29) is 11.9 Å². The molecule has 0 bridgehead atoms. The van der Waals surface area contributed by atoms with Gasteiger partial charge >= 0.3 is 0 Å². The Hall–Kier alpha value is -1.44. The first-order chi connectivity index (χ1) is 10.2. The van der Waals surface area contributed by atoms with Crippen LogP contribution in [0.15, 0.2) is 23.8 Å². The van der Waals surface area contributed by atoms with Crippen molar-refractivity contribution in [1.82, 2.24) is 19.5 Å². The average Bonchev–Trinajstić information content (AvgIpc) is 3.18. The van der Waals surface area contributed by atoms with Crippen molar-refractivity contribution in [2.45, 2.75) is 25.8 Å². The normalized spacial score (nSPS) is 13.3. The van der Waals surface area contributed by atoms with Gasteiger partial charge in [-0.15, -0.1) is 11.3 Å². The van der Waals surface area contributed by atoms with Gasteiger partial charge in [0.25, 0.3) is 0 Å². The van der Waals surface area contributed by atoms with E-state index < -0.39 is 0 Å². The Balaban J connectivity index is 2.02. The highest BCUT2D eigenvalue weighted by Crippen LogP contribution is 2.40. The highest BCUT2D eigenvalue weighted by atomic mass is 32.1. The molecule has 0 amide bonds. The minimum Gasteiger partial charge on any atom is -0.492 e. The van der Waals surface area contributed by atoms with Crippen LogP contribution in [-0.2, 0) is 0 Å². The van der Waals surface area contributed by atoms with Crippen molar-refractivity contribution < 1.29 is 5.11 Å². The van der Waals surface area contributed by atoms with Crippen molar-refractivity contribution in [1.29, 1.82) is 0 Å². The zero-order valence-corrected chi connectivity index (χ0v) is 13.7. The molecule has 3 heterocycles. The molecule has 3 aromatic heterocycles. The number of aromatic hydroxyl groups is 1. The topological polar surface area (TPSA) is 53.7 Å². The lowest BCUT2D eigenvalue weighted by atomic mass is 10.1. The Bertz CT molecular complexity index is 704. The second-order valence-electron chi connectivity index (χ2n) is 5.00. The van der Waals surface area contributed by atoms with Crippen LogP contribution in [-0.4, -0.2) is 38.2 Å². The lowest BCUT2D eigenvalue weighted by Crippen LogP contribution is -2.25. The van der Waals surface area contributed by atoms with Crippen molar-refractivity contribution in [2.24, 2.45) is 0 Å². The number of unbranched alkanes of at least 4 members (excludes halogenated alkanes) is 1. The zero-order valence-electron chi connectivity index (χ0n) is 12.1. The van der Waals surface area contributed by atoms with Crippen LogP contribution in [0.2, 0.25) is 0 Å². The molecule has 5 nitrogen and oxygen atoms in total. The predicted octanol–water partition coefficient (Wildman–Crippen LogP) is 3.38. The first kappa shape index (κ1) is 14.5. The van der Waals surface area contributed by atoms with E-state index in [4.69, 9.17) is 0 Å². The summed E-state index contributed by atoms with van der Waals surface area (Å²) in [7, 11) is 2.11. The SMILES string of the molecule is CCCCN(C)C(c1cccs1)c1sc2ncnn2c1O. The maximum absolute atomic E-state index is 10.5. The minimum atomic E-state index is 0.0602. The molecular weight excluding hydrogens is 304 g/mol. The van der Waals surface area contributed by atoms with Crippen LogP contribution in [0.25, 0.3) is 4.96 Å². The number of aromatic nitrogens is 3. The van der Waals surface area contributed by atoms with E-state index in [1.54, 1.807) is 11.3 Å². The van der Waals surface area contributed by atoms with Crippen LogP contribution in [0, 0.1) is 0 Å². The molecule has 0 aromatic carbocycles. The van der Waals surface area contributed by atoms with Crippen molar-refractivity contribution in [2.75, 3.05) is 13.6 Å². The largest absolute Gasteiger partial charge is 0.492 e. The van der Waals surface area contributed by atoms with Crippen LogP contribution in [0.4, 0.5) is 0 Å². The Morgan fingerprint density at radius 2 is 2.33 bits per heavy atom. The van der Waals surface area contributed by atoms with Crippen molar-refractivity contribution in [3.05, 3.63) is 33.6 Å². The van der Waals surface area contributed by atoms with Gasteiger partial charge in [-0.1, -0.05) is 30.7 Å². The summed E-state index contributed by atoms with van der Waals surface area (Å²) in [6.45, 7) is 3.18. The fourth-order valence-electron chi connectivity index (χ4n) is 2.40. The molecule has 1 atom stereocenters. The van der Waals surface area contributed by atoms with Gasteiger partial charge in [0.2, 0.25) is 10.8 Å². The maximum Gasteiger partial charge on any atom is 0.230 e. The van der Waals surface area contributed by atoms with Crippen molar-refractivity contribution in [3.63, 3.8) is 0 Å². The standard InChI is InChI=1S/C14H18N4OS2/c1-3-4-7-17(2)11(10-6-5-8-20-10)12-13(19)18-14(21-12)15-9-16-18/h5-6,8-9,11,19H,3-4,7H2,1-2H3. The fourth-order valence-corrected chi connectivity index (χ4v) is 4.49. The number of thiophene rings is 1. The van der Waals surface area contributed by atoms with Crippen LogP contribution in [0.5, 0.6) is 5.88 Å². The first-order valence-electron chi connectivity index (χ1n) is 6.97. The van der Waals surface area contributed by atoms with Crippen molar-refractivity contribution in [3.8, 4) is 5.88 Å². The summed E-state index contributed by atoms with van der Waals surface area (Å²) in [6.07, 6.45) is 3.76. The first-order valence-corrected chi connectivity index (χ1v) is 8.67. The molecule has 3 rings (SSSR count). The molecule has 0 aliphatic carbocycles. The number of hydrogen-bond donors (Lipinski definition) is 1. The monoisotopic (exact) mass is 322 g/mol. The molecule has 0 spiro atoms. The van der Waals surface area contributed by atoms with Gasteiger partial charge in [-0.2, -0.15) is 9.61 Å². The third-order valence-electron chi connectivity index (χ3n) is 3.50. The van der Waals surface area contributed by atoms with Crippen LogP contribution < -0.4 is 0 Å². The van der Waals surface area contributed by atoms with Crippen molar-refractivity contribution >= 4 is 27.6 Å². The van der Waals surface area contributed by atoms with Crippen LogP contribution in [0.1, 0.15) is 35.6 Å². The van der Waals surface area contributed by atoms with Crippen LogP contribution in [0.3, 0.4) is 0 Å². The molecule has 3 aromatic rings. The molecular formula is C14H18N4OS2. The molecule has 21 heavy (non-hydrogen) atoms. The van der Waals surface area contributed by atoms with Gasteiger partial charge in [0.1, 0.15) is 6.33 Å². The summed E-state index contributed by atoms with van der Waals surface area (Å²) in [5.41, 5.74) is 0. The molecule has 0 aliphatic rings. The highest BCUT2D eigenvalue weighted by Gasteiger charge is 2.27. The van der Waals surface area contributed by atoms with Gasteiger partial charge < -0.3 is 5.11 Å². The third-order valence-corrected chi connectivity index (χ3v) is 5.52. The summed E-state index contributed by atoms with van der Waals surface area (Å²) in [4.78, 5) is 9.34. The lowest BCUT2D eigenvalue weighted by molar-refractivity contribution is 0.274. The smallest absolute Gasteiger partial charge is 0.230 e. The number of nitrogens with zero attached hydrogens (tertiary/aromatic N) is 4. The summed E-state index contributed by atoms with van der Waals surface area (Å²) in [5.74, 6) is 0.203. The predicted molar refractivity (Wildman–Crippen MR) is 86.2 cm³/mol. The molecule has 0 saturated heterocycles. The zero-order chi connectivity index (χ0) is 14.8. The summed E-state index contributed by atoms with van der Waals surface area (Å²) < 4.78 is 1.51. The van der Waals surface area contributed by atoms with Gasteiger partial charge in [0.15, 0.2) is 0 Å². The molecule has 0 saturated carbocycles. The molecule has 7 heteroatoms. The second kappa shape index (κ2) is 6.13. The maximum atomic E-state index is 10.5. The van der Waals surface area contributed by atoms with Gasteiger partial charge in [0.05, 0.1) is 10.9 Å².